The topological polar surface area (TPSA) is 205 Å². The van der Waals surface area contributed by atoms with E-state index in [-0.39, 0.29) is 26.1 Å². The monoisotopic (exact) mass is 728 g/mol. The van der Waals surface area contributed by atoms with Gasteiger partial charge in [-0.2, -0.15) is 4.89 Å². The average molecular weight is 729 g/mol. The molecule has 288 valence electrons. The van der Waals surface area contributed by atoms with Gasteiger partial charge in [-0.1, -0.05) is 18.2 Å². The molecule has 1 aromatic rings. The summed E-state index contributed by atoms with van der Waals surface area (Å²) in [5, 5.41) is 17.2. The Labute approximate surface area is 297 Å². The molecule has 17 heteroatoms. The summed E-state index contributed by atoms with van der Waals surface area (Å²) in [6.07, 6.45) is -9.51. The quantitative estimate of drug-likeness (QED) is 0.0819. The number of rotatable bonds is 18. The molecule has 17 nitrogen and oxygen atoms in total. The summed E-state index contributed by atoms with van der Waals surface area (Å²) in [5.41, 5.74) is 0. The Morgan fingerprint density at radius 1 is 0.863 bits per heavy atom. The lowest BCUT2D eigenvalue weighted by Gasteiger charge is -2.46. The van der Waals surface area contributed by atoms with Crippen molar-refractivity contribution in [3.8, 4) is 5.75 Å². The molecule has 0 saturated carbocycles. The minimum absolute atomic E-state index is 0.0141. The number of amides is 1. The molecule has 0 spiro atoms. The number of benzene rings is 1. The molecular formula is C34H52N2O15. The van der Waals surface area contributed by atoms with Gasteiger partial charge in [0.15, 0.2) is 24.2 Å². The van der Waals surface area contributed by atoms with E-state index in [1.165, 1.54) is 28.1 Å². The zero-order valence-corrected chi connectivity index (χ0v) is 30.3. The zero-order valence-electron chi connectivity index (χ0n) is 30.3. The third-order valence-electron chi connectivity index (χ3n) is 8.23. The van der Waals surface area contributed by atoms with Gasteiger partial charge in [-0.25, -0.2) is 0 Å². The third-order valence-corrected chi connectivity index (χ3v) is 8.23. The summed E-state index contributed by atoms with van der Waals surface area (Å²) in [6, 6.07) is 7.11. The van der Waals surface area contributed by atoms with E-state index in [0.29, 0.717) is 5.75 Å². The number of aliphatic hydroxyl groups excluding tert-OH is 1. The van der Waals surface area contributed by atoms with Crippen molar-refractivity contribution in [2.24, 2.45) is 0 Å². The summed E-state index contributed by atoms with van der Waals surface area (Å²) in [5.74, 6) is -1.76. The van der Waals surface area contributed by atoms with E-state index in [9.17, 15) is 24.3 Å². The minimum Gasteiger partial charge on any atom is -0.462 e. The fourth-order valence-corrected chi connectivity index (χ4v) is 6.03. The number of likely N-dealkylation sites (N-methyl/N-ethyl adjacent to an activating group) is 1. The molecule has 51 heavy (non-hydrogen) atoms. The Bertz CT molecular complexity index is 1260. The van der Waals surface area contributed by atoms with E-state index in [2.05, 4.69) is 10.6 Å². The highest BCUT2D eigenvalue weighted by Gasteiger charge is 2.51. The molecular weight excluding hydrogens is 676 g/mol. The normalized spacial score (nSPS) is 30.4. The summed E-state index contributed by atoms with van der Waals surface area (Å²) in [6.45, 7) is 7.17. The predicted octanol–water partition coefficient (Wildman–Crippen LogP) is 0.585. The molecule has 1 aromatic carbocycles. The summed E-state index contributed by atoms with van der Waals surface area (Å²) >= 11 is 0. The van der Waals surface area contributed by atoms with Crippen LogP contribution in [0.4, 0.5) is 0 Å². The second-order valence-electron chi connectivity index (χ2n) is 12.5. The van der Waals surface area contributed by atoms with Crippen molar-refractivity contribution < 1.29 is 72.0 Å². The van der Waals surface area contributed by atoms with E-state index >= 15 is 0 Å². The number of aliphatic hydroxyl groups is 1. The Kier molecular flexibility index (Phi) is 16.9. The standard InChI is InChI=1S/C34H52N2O15/c1-18(45-21(4)37)14-26(39)36-28-20(3)47-24(30(41)32(28)43-8)17-44-34-29(35-6)33(49-27(40)15-19(2)46-22(5)38)31(25(48-34)16-42-7)51-50-23-12-10-9-11-13-23/h9-13,18-20,24-25,28-35,41H,14-17H2,1-8H3,(H,36,39)/t18?,19?,20-,24?,25?,28?,29?,30-,31-,32+,33+,34+/m0/s1. The number of hydrogen-bond donors (Lipinski definition) is 3. The number of hydrogen-bond acceptors (Lipinski definition) is 16. The van der Waals surface area contributed by atoms with Crippen molar-refractivity contribution in [1.82, 2.24) is 10.6 Å². The maximum Gasteiger partial charge on any atom is 0.309 e. The number of para-hydroxylation sites is 1. The van der Waals surface area contributed by atoms with Crippen LogP contribution in [0.3, 0.4) is 0 Å². The van der Waals surface area contributed by atoms with E-state index < -0.39 is 97.1 Å². The second kappa shape index (κ2) is 20.6. The molecule has 2 aliphatic heterocycles. The van der Waals surface area contributed by atoms with Gasteiger partial charge in [0.05, 0.1) is 44.2 Å². The van der Waals surface area contributed by atoms with Crippen LogP contribution in [-0.4, -0.2) is 137 Å². The molecule has 6 unspecified atom stereocenters. The number of carbonyl (C=O) groups excluding carboxylic acids is 4. The van der Waals surface area contributed by atoms with Crippen molar-refractivity contribution in [2.45, 2.75) is 121 Å². The first-order valence-corrected chi connectivity index (χ1v) is 16.8. The van der Waals surface area contributed by atoms with Crippen molar-refractivity contribution in [2.75, 3.05) is 34.5 Å². The molecule has 3 rings (SSSR count). The van der Waals surface area contributed by atoms with Crippen LogP contribution in [0.25, 0.3) is 0 Å². The molecule has 0 aromatic heterocycles. The average Bonchev–Trinajstić information content (AvgIpc) is 3.05. The van der Waals surface area contributed by atoms with Crippen molar-refractivity contribution in [1.29, 1.82) is 0 Å². The lowest BCUT2D eigenvalue weighted by atomic mass is 9.93. The molecule has 2 fully saturated rings. The summed E-state index contributed by atoms with van der Waals surface area (Å²) in [4.78, 5) is 60.0. The van der Waals surface area contributed by atoms with E-state index in [0.717, 1.165) is 0 Å². The van der Waals surface area contributed by atoms with Gasteiger partial charge in [0, 0.05) is 28.1 Å². The maximum absolute atomic E-state index is 13.2. The van der Waals surface area contributed by atoms with Gasteiger partial charge in [-0.15, -0.1) is 0 Å². The van der Waals surface area contributed by atoms with Gasteiger partial charge in [-0.3, -0.25) is 19.2 Å². The second-order valence-corrected chi connectivity index (χ2v) is 12.5. The Morgan fingerprint density at radius 2 is 1.51 bits per heavy atom. The summed E-state index contributed by atoms with van der Waals surface area (Å²) < 4.78 is 45.7. The van der Waals surface area contributed by atoms with Crippen molar-refractivity contribution >= 4 is 23.8 Å². The Balaban J connectivity index is 1.77. The first kappa shape index (κ1) is 42.0. The predicted molar refractivity (Wildman–Crippen MR) is 176 cm³/mol. The van der Waals surface area contributed by atoms with Crippen LogP contribution in [0.1, 0.15) is 47.5 Å². The highest BCUT2D eigenvalue weighted by molar-refractivity contribution is 5.77. The smallest absolute Gasteiger partial charge is 0.309 e. The molecule has 2 heterocycles. The van der Waals surface area contributed by atoms with Crippen molar-refractivity contribution in [3.05, 3.63) is 30.3 Å². The Hall–Kier alpha value is -3.42. The molecule has 12 atom stereocenters. The highest BCUT2D eigenvalue weighted by atomic mass is 17.2. The van der Waals surface area contributed by atoms with E-state index in [1.807, 2.05) is 6.07 Å². The van der Waals surface area contributed by atoms with Crippen LogP contribution < -0.4 is 15.5 Å². The highest BCUT2D eigenvalue weighted by Crippen LogP contribution is 2.30. The molecule has 3 N–H and O–H groups in total. The van der Waals surface area contributed by atoms with Crippen LogP contribution in [-0.2, 0) is 62.0 Å². The van der Waals surface area contributed by atoms with E-state index in [4.69, 9.17) is 47.7 Å². The molecule has 1 amide bonds. The lowest BCUT2D eigenvalue weighted by molar-refractivity contribution is -0.349. The largest absolute Gasteiger partial charge is 0.462 e. The molecule has 0 aliphatic carbocycles. The van der Waals surface area contributed by atoms with Gasteiger partial charge in [-0.05, 0) is 40.0 Å². The number of ether oxygens (including phenoxy) is 8. The number of esters is 3. The van der Waals surface area contributed by atoms with Gasteiger partial charge >= 0.3 is 17.9 Å². The lowest BCUT2D eigenvalue weighted by Crippen LogP contribution is -2.66. The van der Waals surface area contributed by atoms with Gasteiger partial charge in [0.2, 0.25) is 5.91 Å². The zero-order chi connectivity index (χ0) is 37.7. The molecule has 0 radical (unpaired) electrons. The molecule has 0 bridgehead atoms. The first-order valence-electron chi connectivity index (χ1n) is 16.8. The van der Waals surface area contributed by atoms with Crippen LogP contribution in [0.2, 0.25) is 0 Å². The van der Waals surface area contributed by atoms with E-state index in [1.54, 1.807) is 52.1 Å². The van der Waals surface area contributed by atoms with Gasteiger partial charge in [0.1, 0.15) is 36.6 Å². The molecule has 2 saturated heterocycles. The SMILES string of the molecule is CNC1[C@H](OCC2O[C@@H](C)C(NC(=O)CC(C)OC(C)=O)[C@@H](OC)[C@H]2O)OC(COC)[C@H](OOc2ccccc2)[C@@H]1OC(=O)CC(C)OC(C)=O. The first-order chi connectivity index (χ1) is 24.3. The number of methoxy groups -OCH3 is 2. The fraction of sp³-hybridized carbons (Fsp3) is 0.706. The Morgan fingerprint density at radius 3 is 2.10 bits per heavy atom. The van der Waals surface area contributed by atoms with Crippen LogP contribution in [0, 0.1) is 0 Å². The van der Waals surface area contributed by atoms with Crippen LogP contribution >= 0.6 is 0 Å². The molecule has 2 aliphatic rings. The minimum atomic E-state index is -1.25. The van der Waals surface area contributed by atoms with Crippen molar-refractivity contribution in [3.63, 3.8) is 0 Å². The van der Waals surface area contributed by atoms with Gasteiger partial charge < -0.3 is 58.5 Å². The third kappa shape index (κ3) is 12.6. The number of nitrogens with one attached hydrogen (secondary N) is 2. The summed E-state index contributed by atoms with van der Waals surface area (Å²) in [7, 11) is 4.48. The fourth-order valence-electron chi connectivity index (χ4n) is 6.03. The maximum atomic E-state index is 13.2. The van der Waals surface area contributed by atoms with Gasteiger partial charge in [0.25, 0.3) is 0 Å². The van der Waals surface area contributed by atoms with Crippen LogP contribution in [0.15, 0.2) is 30.3 Å². The van der Waals surface area contributed by atoms with Crippen LogP contribution in [0.5, 0.6) is 5.75 Å². The number of carbonyl (C=O) groups is 4.